The first-order valence-electron chi connectivity index (χ1n) is 7.81. The van der Waals surface area contributed by atoms with Gasteiger partial charge in [-0.2, -0.15) is 0 Å². The number of aromatic nitrogens is 1. The van der Waals surface area contributed by atoms with Crippen molar-refractivity contribution in [2.45, 2.75) is 26.2 Å². The fourth-order valence-electron chi connectivity index (χ4n) is 3.05. The summed E-state index contributed by atoms with van der Waals surface area (Å²) in [6.45, 7) is 4.28. The molecule has 0 radical (unpaired) electrons. The molecule has 1 aromatic rings. The second-order valence-electron chi connectivity index (χ2n) is 5.93. The summed E-state index contributed by atoms with van der Waals surface area (Å²) in [4.78, 5) is 28.5. The van der Waals surface area contributed by atoms with Gasteiger partial charge in [0.2, 0.25) is 5.91 Å². The van der Waals surface area contributed by atoms with Crippen molar-refractivity contribution in [1.82, 2.24) is 15.0 Å². The number of carbonyl (C=O) groups is 2. The Morgan fingerprint density at radius 1 is 1.14 bits per heavy atom. The van der Waals surface area contributed by atoms with Gasteiger partial charge in [0, 0.05) is 38.2 Å². The van der Waals surface area contributed by atoms with Gasteiger partial charge in [-0.3, -0.25) is 9.59 Å². The van der Waals surface area contributed by atoms with Gasteiger partial charge >= 0.3 is 0 Å². The highest BCUT2D eigenvalue weighted by molar-refractivity contribution is 5.92. The van der Waals surface area contributed by atoms with E-state index in [-0.39, 0.29) is 17.7 Å². The lowest BCUT2D eigenvalue weighted by Crippen LogP contribution is -2.39. The van der Waals surface area contributed by atoms with Gasteiger partial charge in [0.1, 0.15) is 5.76 Å². The molecule has 3 rings (SSSR count). The van der Waals surface area contributed by atoms with Crippen LogP contribution in [0.3, 0.4) is 0 Å². The summed E-state index contributed by atoms with van der Waals surface area (Å²) in [5.41, 5.74) is 0.345. The summed E-state index contributed by atoms with van der Waals surface area (Å²) in [6, 6.07) is 1.65. The van der Waals surface area contributed by atoms with E-state index in [1.54, 1.807) is 17.9 Å². The Kier molecular flexibility index (Phi) is 4.27. The van der Waals surface area contributed by atoms with Gasteiger partial charge < -0.3 is 14.3 Å². The normalized spacial score (nSPS) is 19.5. The van der Waals surface area contributed by atoms with Crippen LogP contribution in [0.15, 0.2) is 22.7 Å². The third-order valence-corrected chi connectivity index (χ3v) is 4.30. The van der Waals surface area contributed by atoms with E-state index in [4.69, 9.17) is 4.52 Å². The lowest BCUT2D eigenvalue weighted by atomic mass is 10.1. The van der Waals surface area contributed by atoms with Crippen molar-refractivity contribution < 1.29 is 14.1 Å². The van der Waals surface area contributed by atoms with Crippen LogP contribution in [0.4, 0.5) is 0 Å². The van der Waals surface area contributed by atoms with Gasteiger partial charge in [-0.15, -0.1) is 0 Å². The standard InChI is InChI=1S/C16H21N3O3/c1-12-11-14(17-22-12)16(21)19-8-4-7-18(9-10-19)15(20)13-5-2-3-6-13/h2-3,11,13H,4-10H2,1H3. The van der Waals surface area contributed by atoms with Crippen LogP contribution in [0.2, 0.25) is 0 Å². The molecule has 0 atom stereocenters. The minimum atomic E-state index is -0.117. The molecule has 118 valence electrons. The molecular formula is C16H21N3O3. The summed E-state index contributed by atoms with van der Waals surface area (Å²) >= 11 is 0. The second-order valence-corrected chi connectivity index (χ2v) is 5.93. The lowest BCUT2D eigenvalue weighted by Gasteiger charge is -2.24. The van der Waals surface area contributed by atoms with Crippen LogP contribution in [-0.2, 0) is 4.79 Å². The number of hydrogen-bond acceptors (Lipinski definition) is 4. The number of aryl methyl sites for hydroxylation is 1. The van der Waals surface area contributed by atoms with E-state index < -0.39 is 0 Å². The van der Waals surface area contributed by atoms with Crippen molar-refractivity contribution in [1.29, 1.82) is 0 Å². The van der Waals surface area contributed by atoms with E-state index in [9.17, 15) is 9.59 Å². The molecule has 0 spiro atoms. The minimum Gasteiger partial charge on any atom is -0.361 e. The predicted octanol–water partition coefficient (Wildman–Crippen LogP) is 1.62. The molecule has 6 nitrogen and oxygen atoms in total. The van der Waals surface area contributed by atoms with Crippen LogP contribution < -0.4 is 0 Å². The fraction of sp³-hybridized carbons (Fsp3) is 0.562. The van der Waals surface area contributed by atoms with Crippen molar-refractivity contribution >= 4 is 11.8 Å². The molecule has 0 N–H and O–H groups in total. The van der Waals surface area contributed by atoms with Gasteiger partial charge in [0.15, 0.2) is 5.69 Å². The zero-order valence-corrected chi connectivity index (χ0v) is 12.8. The molecule has 2 aliphatic rings. The second kappa shape index (κ2) is 6.34. The van der Waals surface area contributed by atoms with Gasteiger partial charge in [0.05, 0.1) is 0 Å². The van der Waals surface area contributed by atoms with Gasteiger partial charge in [-0.1, -0.05) is 17.3 Å². The summed E-state index contributed by atoms with van der Waals surface area (Å²) in [5, 5.41) is 3.78. The van der Waals surface area contributed by atoms with Crippen molar-refractivity contribution in [2.75, 3.05) is 26.2 Å². The van der Waals surface area contributed by atoms with Crippen LogP contribution in [0.5, 0.6) is 0 Å². The molecule has 0 bridgehead atoms. The van der Waals surface area contributed by atoms with Crippen LogP contribution >= 0.6 is 0 Å². The number of allylic oxidation sites excluding steroid dienone is 2. The van der Waals surface area contributed by atoms with E-state index in [0.29, 0.717) is 31.1 Å². The number of amides is 2. The Hall–Kier alpha value is -2.11. The number of nitrogens with zero attached hydrogens (tertiary/aromatic N) is 3. The summed E-state index contributed by atoms with van der Waals surface area (Å²) in [5.74, 6) is 0.828. The molecule has 0 unspecified atom stereocenters. The average Bonchev–Trinajstić information content (AvgIpc) is 3.13. The molecule has 6 heteroatoms. The van der Waals surface area contributed by atoms with Crippen molar-refractivity contribution in [2.24, 2.45) is 5.92 Å². The van der Waals surface area contributed by atoms with Crippen LogP contribution in [0.25, 0.3) is 0 Å². The lowest BCUT2D eigenvalue weighted by molar-refractivity contribution is -0.135. The fourth-order valence-corrected chi connectivity index (χ4v) is 3.05. The zero-order valence-electron chi connectivity index (χ0n) is 12.8. The third-order valence-electron chi connectivity index (χ3n) is 4.30. The van der Waals surface area contributed by atoms with Gasteiger partial charge in [-0.05, 0) is 26.2 Å². The van der Waals surface area contributed by atoms with E-state index in [1.807, 2.05) is 4.90 Å². The van der Waals surface area contributed by atoms with E-state index in [0.717, 1.165) is 25.8 Å². The maximum absolute atomic E-state index is 12.5. The Labute approximate surface area is 129 Å². The van der Waals surface area contributed by atoms with Crippen molar-refractivity contribution in [3.05, 3.63) is 29.7 Å². The molecule has 2 amide bonds. The molecular weight excluding hydrogens is 282 g/mol. The zero-order chi connectivity index (χ0) is 15.5. The van der Waals surface area contributed by atoms with Crippen molar-refractivity contribution in [3.8, 4) is 0 Å². The Morgan fingerprint density at radius 3 is 2.50 bits per heavy atom. The van der Waals surface area contributed by atoms with Crippen molar-refractivity contribution in [3.63, 3.8) is 0 Å². The Morgan fingerprint density at radius 2 is 1.82 bits per heavy atom. The highest BCUT2D eigenvalue weighted by Gasteiger charge is 2.28. The molecule has 1 aromatic heterocycles. The molecule has 0 aromatic carbocycles. The molecule has 22 heavy (non-hydrogen) atoms. The summed E-state index contributed by atoms with van der Waals surface area (Å²) in [6.07, 6.45) is 6.63. The summed E-state index contributed by atoms with van der Waals surface area (Å²) < 4.78 is 4.97. The molecule has 1 saturated heterocycles. The van der Waals surface area contributed by atoms with E-state index in [2.05, 4.69) is 17.3 Å². The molecule has 1 aliphatic carbocycles. The summed E-state index contributed by atoms with van der Waals surface area (Å²) in [7, 11) is 0. The maximum Gasteiger partial charge on any atom is 0.276 e. The molecule has 0 saturated carbocycles. The van der Waals surface area contributed by atoms with Crippen LogP contribution in [0, 0.1) is 12.8 Å². The highest BCUT2D eigenvalue weighted by Crippen LogP contribution is 2.21. The highest BCUT2D eigenvalue weighted by atomic mass is 16.5. The van der Waals surface area contributed by atoms with E-state index in [1.165, 1.54) is 0 Å². The van der Waals surface area contributed by atoms with Gasteiger partial charge in [-0.25, -0.2) is 0 Å². The topological polar surface area (TPSA) is 66.7 Å². The molecule has 1 fully saturated rings. The predicted molar refractivity (Wildman–Crippen MR) is 80.2 cm³/mol. The molecule has 1 aliphatic heterocycles. The van der Waals surface area contributed by atoms with Gasteiger partial charge in [0.25, 0.3) is 5.91 Å². The first-order chi connectivity index (χ1) is 10.6. The smallest absolute Gasteiger partial charge is 0.276 e. The third kappa shape index (κ3) is 3.05. The van der Waals surface area contributed by atoms with Crippen LogP contribution in [-0.4, -0.2) is 52.9 Å². The quantitative estimate of drug-likeness (QED) is 0.779. The SMILES string of the molecule is Cc1cc(C(=O)N2CCCN(C(=O)C3CC=CC3)CC2)no1. The Bertz CT molecular complexity index is 585. The maximum atomic E-state index is 12.5. The number of carbonyl (C=O) groups excluding carboxylic acids is 2. The first kappa shape index (κ1) is 14.8. The largest absolute Gasteiger partial charge is 0.361 e. The Balaban J connectivity index is 1.59. The average molecular weight is 303 g/mol. The molecule has 2 heterocycles. The minimum absolute atomic E-state index is 0.0976. The first-order valence-corrected chi connectivity index (χ1v) is 7.81. The number of hydrogen-bond donors (Lipinski definition) is 0. The van der Waals surface area contributed by atoms with Crippen LogP contribution in [0.1, 0.15) is 35.5 Å². The monoisotopic (exact) mass is 303 g/mol. The van der Waals surface area contributed by atoms with E-state index >= 15 is 0 Å². The number of rotatable bonds is 2.